The lowest BCUT2D eigenvalue weighted by Crippen LogP contribution is -2.31. The van der Waals surface area contributed by atoms with Crippen LogP contribution in [0.2, 0.25) is 0 Å². The van der Waals surface area contributed by atoms with Crippen molar-refractivity contribution in [2.75, 3.05) is 26.2 Å². The number of fused-ring (bicyclic) bond motifs is 1. The molecule has 0 aromatic carbocycles. The SMILES string of the molecule is O=C1C(=NCCCN2CCCCC2)CC(=O)c2ncccc21. The van der Waals surface area contributed by atoms with Crippen molar-refractivity contribution in [3.8, 4) is 0 Å². The third-order valence-electron chi connectivity index (χ3n) is 4.29. The van der Waals surface area contributed by atoms with Crippen LogP contribution in [0.25, 0.3) is 0 Å². The molecule has 0 bridgehead atoms. The van der Waals surface area contributed by atoms with E-state index in [1.165, 1.54) is 32.4 Å². The molecular formula is C17H21N3O2. The second-order valence-corrected chi connectivity index (χ2v) is 5.91. The van der Waals surface area contributed by atoms with E-state index in [9.17, 15) is 9.59 Å². The van der Waals surface area contributed by atoms with E-state index in [-0.39, 0.29) is 18.0 Å². The molecule has 0 atom stereocenters. The zero-order valence-electron chi connectivity index (χ0n) is 12.8. The molecule has 5 nitrogen and oxygen atoms in total. The van der Waals surface area contributed by atoms with Crippen LogP contribution in [0.15, 0.2) is 23.3 Å². The molecule has 0 unspecified atom stereocenters. The smallest absolute Gasteiger partial charge is 0.209 e. The fraction of sp³-hybridized carbons (Fsp3) is 0.529. The monoisotopic (exact) mass is 299 g/mol. The molecule has 0 spiro atoms. The van der Waals surface area contributed by atoms with Gasteiger partial charge < -0.3 is 4.90 Å². The second kappa shape index (κ2) is 6.92. The first-order chi connectivity index (χ1) is 10.8. The predicted molar refractivity (Wildman–Crippen MR) is 84.7 cm³/mol. The molecule has 3 rings (SSSR count). The Kier molecular flexibility index (Phi) is 4.73. The summed E-state index contributed by atoms with van der Waals surface area (Å²) in [5.74, 6) is -0.245. The van der Waals surface area contributed by atoms with Gasteiger partial charge in [0.1, 0.15) is 5.69 Å². The van der Waals surface area contributed by atoms with E-state index in [0.717, 1.165) is 13.0 Å². The van der Waals surface area contributed by atoms with E-state index in [1.54, 1.807) is 18.3 Å². The number of carbonyl (C=O) groups excluding carboxylic acids is 2. The quantitative estimate of drug-likeness (QED) is 0.799. The van der Waals surface area contributed by atoms with E-state index >= 15 is 0 Å². The van der Waals surface area contributed by atoms with Gasteiger partial charge in [0.05, 0.1) is 17.7 Å². The Hall–Kier alpha value is -1.88. The largest absolute Gasteiger partial charge is 0.303 e. The first kappa shape index (κ1) is 15.0. The Morgan fingerprint density at radius 2 is 2.00 bits per heavy atom. The lowest BCUT2D eigenvalue weighted by atomic mass is 9.92. The van der Waals surface area contributed by atoms with Gasteiger partial charge in [0.15, 0.2) is 5.78 Å². The van der Waals surface area contributed by atoms with Crippen molar-refractivity contribution in [2.45, 2.75) is 32.1 Å². The molecule has 1 aliphatic carbocycles. The van der Waals surface area contributed by atoms with Gasteiger partial charge in [-0.15, -0.1) is 0 Å². The summed E-state index contributed by atoms with van der Waals surface area (Å²) in [7, 11) is 0. The van der Waals surface area contributed by atoms with Crippen molar-refractivity contribution in [2.24, 2.45) is 4.99 Å². The molecule has 1 aromatic rings. The highest BCUT2D eigenvalue weighted by Gasteiger charge is 2.29. The summed E-state index contributed by atoms with van der Waals surface area (Å²) in [5.41, 5.74) is 1.08. The summed E-state index contributed by atoms with van der Waals surface area (Å²) in [6.07, 6.45) is 6.47. The topological polar surface area (TPSA) is 62.6 Å². The molecule has 22 heavy (non-hydrogen) atoms. The number of aromatic nitrogens is 1. The van der Waals surface area contributed by atoms with Crippen LogP contribution in [0.1, 0.15) is 53.0 Å². The number of Topliss-reactive ketones (excluding diaryl/α,β-unsaturated/α-hetero) is 2. The number of pyridine rings is 1. The number of aliphatic imine (C=N–C) groups is 1. The Labute approximate surface area is 130 Å². The Morgan fingerprint density at radius 1 is 1.18 bits per heavy atom. The molecule has 1 fully saturated rings. The van der Waals surface area contributed by atoms with Gasteiger partial charge in [-0.05, 0) is 51.0 Å². The third kappa shape index (κ3) is 3.30. The molecule has 0 saturated carbocycles. The predicted octanol–water partition coefficient (Wildman–Crippen LogP) is 2.17. The summed E-state index contributed by atoms with van der Waals surface area (Å²) in [6, 6.07) is 3.34. The van der Waals surface area contributed by atoms with Gasteiger partial charge >= 0.3 is 0 Å². The molecule has 1 aliphatic heterocycles. The van der Waals surface area contributed by atoms with E-state index in [2.05, 4.69) is 14.9 Å². The normalized spacial score (nSPS) is 21.2. The number of hydrogen-bond acceptors (Lipinski definition) is 5. The number of ketones is 2. The van der Waals surface area contributed by atoms with Crippen LogP contribution in [0.4, 0.5) is 0 Å². The number of likely N-dealkylation sites (tertiary alicyclic amines) is 1. The van der Waals surface area contributed by atoms with Crippen molar-refractivity contribution in [3.05, 3.63) is 29.6 Å². The minimum atomic E-state index is -0.138. The van der Waals surface area contributed by atoms with Crippen LogP contribution in [0, 0.1) is 0 Å². The average molecular weight is 299 g/mol. The van der Waals surface area contributed by atoms with E-state index in [1.807, 2.05) is 0 Å². The van der Waals surface area contributed by atoms with Crippen molar-refractivity contribution < 1.29 is 9.59 Å². The number of nitrogens with zero attached hydrogens (tertiary/aromatic N) is 3. The number of hydrogen-bond donors (Lipinski definition) is 0. The Morgan fingerprint density at radius 3 is 2.82 bits per heavy atom. The first-order valence-electron chi connectivity index (χ1n) is 8.04. The highest BCUT2D eigenvalue weighted by atomic mass is 16.1. The number of piperidine rings is 1. The van der Waals surface area contributed by atoms with Gasteiger partial charge in [0, 0.05) is 12.7 Å². The van der Waals surface area contributed by atoms with E-state index in [4.69, 9.17) is 0 Å². The summed E-state index contributed by atoms with van der Waals surface area (Å²) in [5, 5.41) is 0. The molecular weight excluding hydrogens is 278 g/mol. The van der Waals surface area contributed by atoms with Crippen LogP contribution in [-0.4, -0.2) is 53.3 Å². The zero-order chi connectivity index (χ0) is 15.4. The zero-order valence-corrected chi connectivity index (χ0v) is 12.8. The Bertz CT molecular complexity index is 604. The minimum Gasteiger partial charge on any atom is -0.303 e. The van der Waals surface area contributed by atoms with Crippen molar-refractivity contribution in [1.29, 1.82) is 0 Å². The highest BCUT2D eigenvalue weighted by molar-refractivity contribution is 6.52. The molecule has 5 heteroatoms. The summed E-state index contributed by atoms with van der Waals surface area (Å²) in [6.45, 7) is 3.98. The van der Waals surface area contributed by atoms with Crippen molar-refractivity contribution in [1.82, 2.24) is 9.88 Å². The summed E-state index contributed by atoms with van der Waals surface area (Å²) >= 11 is 0. The number of carbonyl (C=O) groups is 2. The maximum atomic E-state index is 12.3. The summed E-state index contributed by atoms with van der Waals surface area (Å²) < 4.78 is 0. The van der Waals surface area contributed by atoms with E-state index in [0.29, 0.717) is 23.5 Å². The molecule has 2 aliphatic rings. The van der Waals surface area contributed by atoms with Crippen molar-refractivity contribution >= 4 is 17.3 Å². The molecule has 2 heterocycles. The fourth-order valence-corrected chi connectivity index (χ4v) is 3.10. The van der Waals surface area contributed by atoms with Gasteiger partial charge in [-0.25, -0.2) is 0 Å². The lowest BCUT2D eigenvalue weighted by Gasteiger charge is -2.26. The summed E-state index contributed by atoms with van der Waals surface area (Å²) in [4.78, 5) is 35.2. The van der Waals surface area contributed by atoms with Gasteiger partial charge in [0.25, 0.3) is 0 Å². The van der Waals surface area contributed by atoms with Crippen LogP contribution in [0.3, 0.4) is 0 Å². The van der Waals surface area contributed by atoms with Crippen LogP contribution in [0.5, 0.6) is 0 Å². The highest BCUT2D eigenvalue weighted by Crippen LogP contribution is 2.17. The maximum Gasteiger partial charge on any atom is 0.209 e. The minimum absolute atomic E-state index is 0.0898. The molecule has 116 valence electrons. The van der Waals surface area contributed by atoms with Crippen molar-refractivity contribution in [3.63, 3.8) is 0 Å². The molecule has 0 N–H and O–H groups in total. The first-order valence-corrected chi connectivity index (χ1v) is 8.04. The van der Waals surface area contributed by atoms with Gasteiger partial charge in [-0.1, -0.05) is 6.42 Å². The van der Waals surface area contributed by atoms with Crippen LogP contribution >= 0.6 is 0 Å². The van der Waals surface area contributed by atoms with Crippen LogP contribution < -0.4 is 0 Å². The van der Waals surface area contributed by atoms with Gasteiger partial charge in [-0.2, -0.15) is 0 Å². The average Bonchev–Trinajstić information content (AvgIpc) is 2.57. The standard InChI is InChI=1S/C17H21N3O2/c21-15-12-14(17(22)13-6-4-7-19-16(13)15)18-8-5-11-20-9-2-1-3-10-20/h4,6-7H,1-3,5,8-12H2. The lowest BCUT2D eigenvalue weighted by molar-refractivity contribution is 0.0960. The van der Waals surface area contributed by atoms with Crippen LogP contribution in [-0.2, 0) is 0 Å². The number of rotatable bonds is 4. The van der Waals surface area contributed by atoms with Gasteiger partial charge in [-0.3, -0.25) is 19.6 Å². The third-order valence-corrected chi connectivity index (χ3v) is 4.29. The molecule has 1 saturated heterocycles. The second-order valence-electron chi connectivity index (χ2n) is 5.91. The fourth-order valence-electron chi connectivity index (χ4n) is 3.10. The van der Waals surface area contributed by atoms with E-state index < -0.39 is 0 Å². The molecule has 0 amide bonds. The molecule has 0 radical (unpaired) electrons. The maximum absolute atomic E-state index is 12.3. The van der Waals surface area contributed by atoms with Gasteiger partial charge in [0.2, 0.25) is 5.78 Å². The Balaban J connectivity index is 1.58. The molecule has 1 aromatic heterocycles.